The summed E-state index contributed by atoms with van der Waals surface area (Å²) in [6.07, 6.45) is 0.503. The predicted octanol–water partition coefficient (Wildman–Crippen LogP) is 3.36. The molecule has 0 aromatic heterocycles. The largest absolute Gasteiger partial charge is 0.471 e. The van der Waals surface area contributed by atoms with Crippen molar-refractivity contribution in [2.75, 3.05) is 6.54 Å². The zero-order valence-electron chi connectivity index (χ0n) is 10.3. The highest BCUT2D eigenvalue weighted by Gasteiger charge is 2.37. The molecule has 0 spiro atoms. The quantitative estimate of drug-likeness (QED) is 0.744. The molecule has 0 heterocycles. The SMILES string of the molecule is CC(C)=CCCC(C)=CCNC(=O)C(F)(F)F. The lowest BCUT2D eigenvalue weighted by atomic mass is 10.1. The summed E-state index contributed by atoms with van der Waals surface area (Å²) in [5.74, 6) is -1.90. The maximum atomic E-state index is 11.8. The molecule has 2 nitrogen and oxygen atoms in total. The fourth-order valence-corrected chi connectivity index (χ4v) is 1.11. The van der Waals surface area contributed by atoms with E-state index >= 15 is 0 Å². The molecule has 17 heavy (non-hydrogen) atoms. The summed E-state index contributed by atoms with van der Waals surface area (Å²) in [6, 6.07) is 0. The van der Waals surface area contributed by atoms with Crippen LogP contribution < -0.4 is 5.32 Å². The number of allylic oxidation sites excluding steroid dienone is 3. The highest BCUT2D eigenvalue weighted by molar-refractivity contribution is 5.81. The lowest BCUT2D eigenvalue weighted by Crippen LogP contribution is -2.36. The number of hydrogen-bond acceptors (Lipinski definition) is 1. The highest BCUT2D eigenvalue weighted by atomic mass is 19.4. The molecule has 0 radical (unpaired) electrons. The van der Waals surface area contributed by atoms with Crippen LogP contribution in [-0.2, 0) is 4.79 Å². The van der Waals surface area contributed by atoms with Gasteiger partial charge in [-0.2, -0.15) is 13.2 Å². The minimum Gasteiger partial charge on any atom is -0.345 e. The van der Waals surface area contributed by atoms with Gasteiger partial charge in [0, 0.05) is 6.54 Å². The number of alkyl halides is 3. The first kappa shape index (κ1) is 15.7. The molecular formula is C12H18F3NO. The van der Waals surface area contributed by atoms with Crippen LogP contribution in [0.5, 0.6) is 0 Å². The molecule has 0 aromatic carbocycles. The number of rotatable bonds is 5. The van der Waals surface area contributed by atoms with Crippen molar-refractivity contribution in [3.05, 3.63) is 23.3 Å². The van der Waals surface area contributed by atoms with Gasteiger partial charge in [0.1, 0.15) is 0 Å². The van der Waals surface area contributed by atoms with Crippen molar-refractivity contribution in [2.24, 2.45) is 0 Å². The van der Waals surface area contributed by atoms with Gasteiger partial charge in [-0.25, -0.2) is 0 Å². The van der Waals surface area contributed by atoms with E-state index < -0.39 is 12.1 Å². The van der Waals surface area contributed by atoms with E-state index in [-0.39, 0.29) is 6.54 Å². The van der Waals surface area contributed by atoms with E-state index in [2.05, 4.69) is 6.08 Å². The van der Waals surface area contributed by atoms with Crippen molar-refractivity contribution in [1.82, 2.24) is 5.32 Å². The van der Waals surface area contributed by atoms with E-state index in [1.165, 1.54) is 5.57 Å². The first-order valence-electron chi connectivity index (χ1n) is 5.37. The van der Waals surface area contributed by atoms with Gasteiger partial charge in [-0.05, 0) is 33.6 Å². The highest BCUT2D eigenvalue weighted by Crippen LogP contribution is 2.14. The molecule has 0 fully saturated rings. The molecule has 0 aromatic rings. The Kier molecular flexibility index (Phi) is 6.61. The second-order valence-corrected chi connectivity index (χ2v) is 4.08. The van der Waals surface area contributed by atoms with Crippen LogP contribution in [0.1, 0.15) is 33.6 Å². The third kappa shape index (κ3) is 8.54. The van der Waals surface area contributed by atoms with Crippen LogP contribution in [0, 0.1) is 0 Å². The Hall–Kier alpha value is -1.26. The summed E-state index contributed by atoms with van der Waals surface area (Å²) in [4.78, 5) is 10.5. The van der Waals surface area contributed by atoms with E-state index in [9.17, 15) is 18.0 Å². The van der Waals surface area contributed by atoms with Gasteiger partial charge in [0.05, 0.1) is 0 Å². The summed E-state index contributed by atoms with van der Waals surface area (Å²) < 4.78 is 35.5. The zero-order valence-corrected chi connectivity index (χ0v) is 10.3. The third-order valence-electron chi connectivity index (χ3n) is 2.06. The van der Waals surface area contributed by atoms with Crippen LogP contribution in [0.4, 0.5) is 13.2 Å². The van der Waals surface area contributed by atoms with Gasteiger partial charge < -0.3 is 5.32 Å². The van der Waals surface area contributed by atoms with Crippen molar-refractivity contribution in [3.63, 3.8) is 0 Å². The second-order valence-electron chi connectivity index (χ2n) is 4.08. The Labute approximate surface area is 99.6 Å². The molecule has 0 bridgehead atoms. The van der Waals surface area contributed by atoms with Gasteiger partial charge in [0.15, 0.2) is 0 Å². The fourth-order valence-electron chi connectivity index (χ4n) is 1.11. The summed E-state index contributed by atoms with van der Waals surface area (Å²) in [7, 11) is 0. The Balaban J connectivity index is 3.93. The van der Waals surface area contributed by atoms with Crippen LogP contribution >= 0.6 is 0 Å². The number of carbonyl (C=O) groups is 1. The zero-order chi connectivity index (χ0) is 13.5. The van der Waals surface area contributed by atoms with Crippen LogP contribution in [0.3, 0.4) is 0 Å². The standard InChI is InChI=1S/C12H18F3NO/c1-9(2)5-4-6-10(3)7-8-16-11(17)12(13,14)15/h5,7H,4,6,8H2,1-3H3,(H,16,17). The molecule has 1 amide bonds. The molecule has 0 rings (SSSR count). The number of hydrogen-bond donors (Lipinski definition) is 1. The van der Waals surface area contributed by atoms with E-state index in [1.54, 1.807) is 11.4 Å². The van der Waals surface area contributed by atoms with E-state index in [1.807, 2.05) is 20.8 Å². The van der Waals surface area contributed by atoms with Gasteiger partial charge >= 0.3 is 12.1 Å². The molecule has 0 aliphatic rings. The molecule has 0 atom stereocenters. The summed E-state index contributed by atoms with van der Waals surface area (Å²) in [5, 5.41) is 1.80. The van der Waals surface area contributed by atoms with Gasteiger partial charge in [-0.1, -0.05) is 23.3 Å². The van der Waals surface area contributed by atoms with Crippen LogP contribution in [-0.4, -0.2) is 18.6 Å². The lowest BCUT2D eigenvalue weighted by Gasteiger charge is -2.06. The Morgan fingerprint density at radius 3 is 2.24 bits per heavy atom. The van der Waals surface area contributed by atoms with Crippen molar-refractivity contribution in [1.29, 1.82) is 0 Å². The molecule has 5 heteroatoms. The molecule has 0 saturated carbocycles. The summed E-state index contributed by atoms with van der Waals surface area (Å²) in [6.45, 7) is 5.72. The minimum absolute atomic E-state index is 0.0843. The number of halogens is 3. The fraction of sp³-hybridized carbons (Fsp3) is 0.583. The van der Waals surface area contributed by atoms with E-state index in [0.29, 0.717) is 0 Å². The predicted molar refractivity (Wildman–Crippen MR) is 61.5 cm³/mol. The van der Waals surface area contributed by atoms with Crippen molar-refractivity contribution >= 4 is 5.91 Å². The van der Waals surface area contributed by atoms with Gasteiger partial charge in [-0.3, -0.25) is 4.79 Å². The molecule has 0 aliphatic carbocycles. The average molecular weight is 249 g/mol. The normalized spacial score (nSPS) is 12.2. The second kappa shape index (κ2) is 7.14. The molecule has 0 aliphatic heterocycles. The smallest absolute Gasteiger partial charge is 0.345 e. The van der Waals surface area contributed by atoms with Crippen molar-refractivity contribution in [2.45, 2.75) is 39.8 Å². The topological polar surface area (TPSA) is 29.1 Å². The Bertz CT molecular complexity index is 312. The van der Waals surface area contributed by atoms with Crippen molar-refractivity contribution in [3.8, 4) is 0 Å². The maximum Gasteiger partial charge on any atom is 0.471 e. The molecule has 0 saturated heterocycles. The van der Waals surface area contributed by atoms with Gasteiger partial charge in [0.25, 0.3) is 0 Å². The summed E-state index contributed by atoms with van der Waals surface area (Å²) >= 11 is 0. The van der Waals surface area contributed by atoms with Crippen LogP contribution in [0.25, 0.3) is 0 Å². The first-order valence-corrected chi connectivity index (χ1v) is 5.37. The number of carbonyl (C=O) groups excluding carboxylic acids is 1. The Morgan fingerprint density at radius 2 is 1.76 bits per heavy atom. The van der Waals surface area contributed by atoms with Gasteiger partial charge in [0.2, 0.25) is 0 Å². The third-order valence-corrected chi connectivity index (χ3v) is 2.06. The number of nitrogens with one attached hydrogen (secondary N) is 1. The first-order chi connectivity index (χ1) is 7.73. The van der Waals surface area contributed by atoms with Gasteiger partial charge in [-0.15, -0.1) is 0 Å². The van der Waals surface area contributed by atoms with Crippen LogP contribution in [0.2, 0.25) is 0 Å². The number of amides is 1. The molecule has 98 valence electrons. The van der Waals surface area contributed by atoms with E-state index in [4.69, 9.17) is 0 Å². The lowest BCUT2D eigenvalue weighted by molar-refractivity contribution is -0.173. The maximum absolute atomic E-state index is 11.8. The molecule has 0 unspecified atom stereocenters. The van der Waals surface area contributed by atoms with Crippen molar-refractivity contribution < 1.29 is 18.0 Å². The minimum atomic E-state index is -4.80. The monoisotopic (exact) mass is 249 g/mol. The molecule has 1 N–H and O–H groups in total. The molecular weight excluding hydrogens is 231 g/mol. The summed E-state index contributed by atoms with van der Waals surface area (Å²) in [5.41, 5.74) is 2.17. The Morgan fingerprint density at radius 1 is 1.18 bits per heavy atom. The van der Waals surface area contributed by atoms with E-state index in [0.717, 1.165) is 18.4 Å². The van der Waals surface area contributed by atoms with Crippen LogP contribution in [0.15, 0.2) is 23.3 Å². The average Bonchev–Trinajstić information content (AvgIpc) is 2.15.